The minimum atomic E-state index is -2.82. The highest BCUT2D eigenvalue weighted by molar-refractivity contribution is 7.91. The Morgan fingerprint density at radius 3 is 2.50 bits per heavy atom. The number of rotatable bonds is 2. The van der Waals surface area contributed by atoms with Crippen molar-refractivity contribution < 1.29 is 13.2 Å². The molecule has 1 saturated carbocycles. The molecule has 2 rings (SSSR count). The van der Waals surface area contributed by atoms with Gasteiger partial charge in [-0.1, -0.05) is 13.8 Å². The summed E-state index contributed by atoms with van der Waals surface area (Å²) in [5.41, 5.74) is 0.250. The van der Waals surface area contributed by atoms with E-state index in [1.807, 2.05) is 0 Å². The van der Waals surface area contributed by atoms with E-state index in [1.54, 1.807) is 0 Å². The van der Waals surface area contributed by atoms with Crippen LogP contribution in [0.25, 0.3) is 0 Å². The summed E-state index contributed by atoms with van der Waals surface area (Å²) in [6, 6.07) is 0. The van der Waals surface area contributed by atoms with Crippen LogP contribution in [0.4, 0.5) is 0 Å². The third-order valence-electron chi connectivity index (χ3n) is 4.22. The van der Waals surface area contributed by atoms with Crippen LogP contribution in [0.1, 0.15) is 33.1 Å². The van der Waals surface area contributed by atoms with Gasteiger partial charge in [0.15, 0.2) is 9.84 Å². The molecule has 0 N–H and O–H groups in total. The molecule has 0 spiro atoms. The molecule has 1 heterocycles. The first-order chi connectivity index (χ1) is 8.27. The van der Waals surface area contributed by atoms with Crippen molar-refractivity contribution in [2.75, 3.05) is 31.1 Å². The Morgan fingerprint density at radius 2 is 1.89 bits per heavy atom. The van der Waals surface area contributed by atoms with Gasteiger partial charge in [-0.15, -0.1) is 0 Å². The summed E-state index contributed by atoms with van der Waals surface area (Å²) < 4.78 is 22.7. The lowest BCUT2D eigenvalue weighted by Crippen LogP contribution is -2.45. The molecule has 0 aromatic carbocycles. The summed E-state index contributed by atoms with van der Waals surface area (Å²) in [5.74, 6) is 0.964. The molecule has 1 unspecified atom stereocenters. The van der Waals surface area contributed by atoms with Crippen LogP contribution in [0.3, 0.4) is 0 Å². The van der Waals surface area contributed by atoms with Crippen molar-refractivity contribution in [2.24, 2.45) is 11.3 Å². The van der Waals surface area contributed by atoms with Gasteiger partial charge in [-0.2, -0.15) is 0 Å². The normalized spacial score (nSPS) is 32.3. The van der Waals surface area contributed by atoms with Crippen LogP contribution < -0.4 is 0 Å². The van der Waals surface area contributed by atoms with E-state index in [0.717, 1.165) is 19.4 Å². The lowest BCUT2D eigenvalue weighted by molar-refractivity contribution is -0.127. The molecule has 1 aliphatic carbocycles. The first-order valence-corrected chi connectivity index (χ1v) is 8.55. The van der Waals surface area contributed by atoms with Gasteiger partial charge in [0, 0.05) is 32.0 Å². The molecule has 0 aromatic rings. The SMILES string of the molecule is CC1(C)CCC(=O)C(CN2CCS(=O)(=O)CC2)C1. The van der Waals surface area contributed by atoms with Gasteiger partial charge in [0.05, 0.1) is 11.5 Å². The van der Waals surface area contributed by atoms with Crippen molar-refractivity contribution in [2.45, 2.75) is 33.1 Å². The average molecular weight is 273 g/mol. The van der Waals surface area contributed by atoms with E-state index < -0.39 is 9.84 Å². The van der Waals surface area contributed by atoms with Gasteiger partial charge in [0.1, 0.15) is 5.78 Å². The highest BCUT2D eigenvalue weighted by Crippen LogP contribution is 2.37. The molecule has 104 valence electrons. The number of ketones is 1. The van der Waals surface area contributed by atoms with Crippen molar-refractivity contribution in [1.29, 1.82) is 0 Å². The first-order valence-electron chi connectivity index (χ1n) is 6.73. The summed E-state index contributed by atoms with van der Waals surface area (Å²) in [6.45, 7) is 6.36. The van der Waals surface area contributed by atoms with Gasteiger partial charge in [-0.05, 0) is 18.3 Å². The van der Waals surface area contributed by atoms with Gasteiger partial charge in [0.25, 0.3) is 0 Å². The molecule has 1 saturated heterocycles. The summed E-state index contributed by atoms with van der Waals surface area (Å²) in [7, 11) is -2.82. The van der Waals surface area contributed by atoms with Crippen molar-refractivity contribution >= 4 is 15.6 Å². The molecular weight excluding hydrogens is 250 g/mol. The number of hydrogen-bond donors (Lipinski definition) is 0. The number of Topliss-reactive ketones (excluding diaryl/α,β-unsaturated/α-hetero) is 1. The first kappa shape index (κ1) is 14.0. The average Bonchev–Trinajstić information content (AvgIpc) is 2.26. The van der Waals surface area contributed by atoms with Crippen molar-refractivity contribution in [1.82, 2.24) is 4.90 Å². The number of nitrogens with zero attached hydrogens (tertiary/aromatic N) is 1. The van der Waals surface area contributed by atoms with Crippen molar-refractivity contribution in [3.05, 3.63) is 0 Å². The number of sulfone groups is 1. The van der Waals surface area contributed by atoms with E-state index >= 15 is 0 Å². The molecule has 0 amide bonds. The summed E-state index contributed by atoms with van der Waals surface area (Å²) >= 11 is 0. The Morgan fingerprint density at radius 1 is 1.28 bits per heavy atom. The van der Waals surface area contributed by atoms with Crippen LogP contribution in [0, 0.1) is 11.3 Å². The van der Waals surface area contributed by atoms with E-state index in [9.17, 15) is 13.2 Å². The van der Waals surface area contributed by atoms with E-state index in [2.05, 4.69) is 18.7 Å². The predicted molar refractivity (Wildman–Crippen MR) is 71.2 cm³/mol. The maximum atomic E-state index is 11.9. The summed E-state index contributed by atoms with van der Waals surface area (Å²) in [6.07, 6.45) is 2.61. The number of hydrogen-bond acceptors (Lipinski definition) is 4. The third-order valence-corrected chi connectivity index (χ3v) is 5.83. The van der Waals surface area contributed by atoms with Crippen LogP contribution >= 0.6 is 0 Å². The number of carbonyl (C=O) groups excluding carboxylic acids is 1. The van der Waals surface area contributed by atoms with E-state index in [0.29, 0.717) is 25.3 Å². The van der Waals surface area contributed by atoms with E-state index in [-0.39, 0.29) is 22.8 Å². The lowest BCUT2D eigenvalue weighted by atomic mass is 9.71. The van der Waals surface area contributed by atoms with Crippen LogP contribution in [0.15, 0.2) is 0 Å². The molecule has 4 nitrogen and oxygen atoms in total. The molecule has 2 fully saturated rings. The van der Waals surface area contributed by atoms with Gasteiger partial charge < -0.3 is 4.90 Å². The minimum absolute atomic E-state index is 0.106. The molecular formula is C13H23NO3S. The Balaban J connectivity index is 1.91. The predicted octanol–water partition coefficient (Wildman–Crippen LogP) is 1.11. The second-order valence-electron chi connectivity index (χ2n) is 6.48. The number of carbonyl (C=O) groups is 1. The highest BCUT2D eigenvalue weighted by Gasteiger charge is 2.35. The second kappa shape index (κ2) is 4.93. The van der Waals surface area contributed by atoms with Gasteiger partial charge in [-0.3, -0.25) is 4.79 Å². The van der Waals surface area contributed by atoms with Gasteiger partial charge in [-0.25, -0.2) is 8.42 Å². The quantitative estimate of drug-likeness (QED) is 0.756. The fourth-order valence-corrected chi connectivity index (χ4v) is 4.24. The minimum Gasteiger partial charge on any atom is -0.301 e. The zero-order chi connectivity index (χ0) is 13.4. The molecule has 1 aliphatic heterocycles. The van der Waals surface area contributed by atoms with Crippen LogP contribution in [0.2, 0.25) is 0 Å². The molecule has 0 radical (unpaired) electrons. The summed E-state index contributed by atoms with van der Waals surface area (Å²) in [4.78, 5) is 14.1. The van der Waals surface area contributed by atoms with Gasteiger partial charge >= 0.3 is 0 Å². The largest absolute Gasteiger partial charge is 0.301 e. The zero-order valence-electron chi connectivity index (χ0n) is 11.3. The molecule has 18 heavy (non-hydrogen) atoms. The maximum absolute atomic E-state index is 11.9. The zero-order valence-corrected chi connectivity index (χ0v) is 12.1. The second-order valence-corrected chi connectivity index (χ2v) is 8.79. The molecule has 0 aromatic heterocycles. The maximum Gasteiger partial charge on any atom is 0.152 e. The fourth-order valence-electron chi connectivity index (χ4n) is 2.96. The molecule has 0 bridgehead atoms. The van der Waals surface area contributed by atoms with E-state index in [1.165, 1.54) is 0 Å². The Kier molecular flexibility index (Phi) is 3.83. The third kappa shape index (κ3) is 3.54. The Bertz CT molecular complexity index is 414. The highest BCUT2D eigenvalue weighted by atomic mass is 32.2. The Labute approximate surface area is 110 Å². The standard InChI is InChI=1S/C13H23NO3S/c1-13(2)4-3-12(15)11(9-13)10-14-5-7-18(16,17)8-6-14/h11H,3-10H2,1-2H3. The van der Waals surface area contributed by atoms with Crippen LogP contribution in [0.5, 0.6) is 0 Å². The monoisotopic (exact) mass is 273 g/mol. The molecule has 1 atom stereocenters. The lowest BCUT2D eigenvalue weighted by Gasteiger charge is -2.37. The Hall–Kier alpha value is -0.420. The molecule has 2 aliphatic rings. The van der Waals surface area contributed by atoms with Gasteiger partial charge in [0.2, 0.25) is 0 Å². The smallest absolute Gasteiger partial charge is 0.152 e. The van der Waals surface area contributed by atoms with Crippen LogP contribution in [-0.4, -0.2) is 50.2 Å². The van der Waals surface area contributed by atoms with Crippen LogP contribution in [-0.2, 0) is 14.6 Å². The summed E-state index contributed by atoms with van der Waals surface area (Å²) in [5, 5.41) is 0. The van der Waals surface area contributed by atoms with E-state index in [4.69, 9.17) is 0 Å². The van der Waals surface area contributed by atoms with Crippen molar-refractivity contribution in [3.8, 4) is 0 Å². The van der Waals surface area contributed by atoms with Crippen molar-refractivity contribution in [3.63, 3.8) is 0 Å². The fraction of sp³-hybridized carbons (Fsp3) is 0.923. The molecule has 5 heteroatoms. The topological polar surface area (TPSA) is 54.5 Å².